The third kappa shape index (κ3) is 2.99. The summed E-state index contributed by atoms with van der Waals surface area (Å²) in [5.74, 6) is 0.139. The van der Waals surface area contributed by atoms with E-state index in [1.54, 1.807) is 0 Å². The minimum absolute atomic E-state index is 0.0241. The molecule has 5 rings (SSSR count). The molecule has 3 saturated carbocycles. The van der Waals surface area contributed by atoms with Gasteiger partial charge in [-0.1, -0.05) is 47.1 Å². The number of nitrogens with zero attached hydrogens (tertiary/aromatic N) is 1. The Balaban J connectivity index is 1.67. The van der Waals surface area contributed by atoms with E-state index < -0.39 is 5.41 Å². The number of rotatable bonds is 1. The molecule has 0 amide bonds. The topological polar surface area (TPSA) is 87.4 Å². The molecule has 5 aliphatic rings. The quantitative estimate of drug-likeness (QED) is 0.411. The van der Waals surface area contributed by atoms with Crippen LogP contribution in [-0.4, -0.2) is 24.0 Å². The van der Waals surface area contributed by atoms with Gasteiger partial charge in [-0.15, -0.1) is 0 Å². The van der Waals surface area contributed by atoms with E-state index in [0.29, 0.717) is 12.0 Å². The zero-order valence-electron chi connectivity index (χ0n) is 23.2. The van der Waals surface area contributed by atoms with Gasteiger partial charge in [0.2, 0.25) is 0 Å². The van der Waals surface area contributed by atoms with Gasteiger partial charge in [-0.2, -0.15) is 5.26 Å². The number of hydrogen-bond donors (Lipinski definition) is 1. The van der Waals surface area contributed by atoms with Gasteiger partial charge in [-0.25, -0.2) is 0 Å². The summed E-state index contributed by atoms with van der Waals surface area (Å²) in [5, 5.41) is 20.6. The van der Waals surface area contributed by atoms with Crippen LogP contribution < -0.4 is 0 Å². The molecule has 5 heteroatoms. The van der Waals surface area contributed by atoms with Gasteiger partial charge in [0.05, 0.1) is 24.2 Å². The average Bonchev–Trinajstić information content (AvgIpc) is 2.82. The van der Waals surface area contributed by atoms with E-state index >= 15 is 0 Å². The van der Waals surface area contributed by atoms with Crippen molar-refractivity contribution < 1.29 is 19.4 Å². The van der Waals surface area contributed by atoms with Crippen molar-refractivity contribution in [3.63, 3.8) is 0 Å². The second kappa shape index (κ2) is 7.71. The molecule has 0 aromatic heterocycles. The average molecular weight is 494 g/mol. The lowest BCUT2D eigenvalue weighted by molar-refractivity contribution is -0.191. The van der Waals surface area contributed by atoms with E-state index in [9.17, 15) is 20.0 Å². The van der Waals surface area contributed by atoms with Crippen LogP contribution in [0.1, 0.15) is 92.9 Å². The molecule has 0 bridgehead atoms. The summed E-state index contributed by atoms with van der Waals surface area (Å²) < 4.78 is 5.41. The van der Waals surface area contributed by atoms with E-state index in [1.807, 2.05) is 13.0 Å². The fourth-order valence-electron chi connectivity index (χ4n) is 10.1. The number of ether oxygens (including phenoxy) is 1. The van der Waals surface area contributed by atoms with Gasteiger partial charge in [0.15, 0.2) is 5.78 Å². The number of hydrogen-bond acceptors (Lipinski definition) is 5. The monoisotopic (exact) mass is 493 g/mol. The lowest BCUT2D eigenvalue weighted by Crippen LogP contribution is -2.65. The Hall–Kier alpha value is -2.09. The van der Waals surface area contributed by atoms with E-state index in [4.69, 9.17) is 4.74 Å². The zero-order chi connectivity index (χ0) is 26.5. The fourth-order valence-corrected chi connectivity index (χ4v) is 10.1. The van der Waals surface area contributed by atoms with Crippen LogP contribution >= 0.6 is 0 Å². The van der Waals surface area contributed by atoms with Crippen LogP contribution in [0, 0.1) is 62.1 Å². The lowest BCUT2D eigenvalue weighted by atomic mass is 9.34. The molecule has 0 aromatic carbocycles. The van der Waals surface area contributed by atoms with Gasteiger partial charge in [0, 0.05) is 11.8 Å². The van der Waals surface area contributed by atoms with Crippen LogP contribution in [0.15, 0.2) is 23.0 Å². The largest absolute Gasteiger partial charge is 0.511 e. The Morgan fingerprint density at radius 1 is 1.08 bits per heavy atom. The summed E-state index contributed by atoms with van der Waals surface area (Å²) in [7, 11) is 1.49. The van der Waals surface area contributed by atoms with E-state index in [0.717, 1.165) is 44.9 Å². The van der Waals surface area contributed by atoms with E-state index in [1.165, 1.54) is 12.7 Å². The molecule has 5 aliphatic carbocycles. The fraction of sp³-hybridized carbons (Fsp3) is 0.774. The van der Waals surface area contributed by atoms with Crippen molar-refractivity contribution in [1.29, 1.82) is 5.26 Å². The zero-order valence-corrected chi connectivity index (χ0v) is 23.2. The molecular weight excluding hydrogens is 450 g/mol. The molecule has 8 atom stereocenters. The Morgan fingerprint density at radius 3 is 2.39 bits per heavy atom. The van der Waals surface area contributed by atoms with Gasteiger partial charge in [0.25, 0.3) is 0 Å². The number of aliphatic hydroxyl groups excluding tert-OH is 1. The number of nitriles is 1. The number of methoxy groups -OCH3 is 1. The van der Waals surface area contributed by atoms with Crippen molar-refractivity contribution in [2.24, 2.45) is 50.7 Å². The molecule has 0 aromatic rings. The number of fused-ring (bicyclic) bond motifs is 7. The molecule has 0 aliphatic heterocycles. The predicted octanol–water partition coefficient (Wildman–Crippen LogP) is 6.70. The highest BCUT2D eigenvalue weighted by Crippen LogP contribution is 2.74. The maximum atomic E-state index is 14.3. The van der Waals surface area contributed by atoms with Crippen molar-refractivity contribution in [1.82, 2.24) is 0 Å². The van der Waals surface area contributed by atoms with Crippen LogP contribution in [0.3, 0.4) is 0 Å². The molecule has 3 unspecified atom stereocenters. The summed E-state index contributed by atoms with van der Waals surface area (Å²) >= 11 is 0. The normalized spacial score (nSPS) is 47.4. The number of carbonyl (C=O) groups excluding carboxylic acids is 2. The molecule has 196 valence electrons. The van der Waals surface area contributed by atoms with Crippen molar-refractivity contribution in [3.05, 3.63) is 23.0 Å². The third-order valence-corrected chi connectivity index (χ3v) is 12.4. The smallest absolute Gasteiger partial charge is 0.312 e. The minimum atomic E-state index is -0.575. The van der Waals surface area contributed by atoms with Crippen LogP contribution in [0.25, 0.3) is 0 Å². The standard InChI is InChI=1S/C31H43NO4/c1-18-20-8-9-29(5)23(28(20,4)15-19(17-32)25(18)34)14-22(33)24-21-16-27(2,3)10-12-31(21,26(35)36-7)13-11-30(24,29)6/h14,18,20-21,24,34H,8-13,15-16H2,1-7H3/t18-,20-,21?,24?,28-,29?,30+,31-/m0/s1. The Bertz CT molecular complexity index is 1130. The van der Waals surface area contributed by atoms with Crippen LogP contribution in [0.2, 0.25) is 0 Å². The summed E-state index contributed by atoms with van der Waals surface area (Å²) in [6.07, 6.45) is 8.56. The highest BCUT2D eigenvalue weighted by atomic mass is 16.5. The molecule has 1 N–H and O–H groups in total. The van der Waals surface area contributed by atoms with Crippen molar-refractivity contribution in [2.45, 2.75) is 92.9 Å². The SMILES string of the molecule is COC(=O)[C@]12CCC(C)(C)CC1C1C(=O)C=C3C(C)(CC[C@H]4[C@H](C)C(O)=C(C#N)C[C@]34C)[C@]1(C)CC2. The van der Waals surface area contributed by atoms with E-state index in [-0.39, 0.29) is 62.8 Å². The van der Waals surface area contributed by atoms with Crippen LogP contribution in [0.4, 0.5) is 0 Å². The van der Waals surface area contributed by atoms with Crippen molar-refractivity contribution in [3.8, 4) is 6.07 Å². The molecule has 0 saturated heterocycles. The van der Waals surface area contributed by atoms with E-state index in [2.05, 4.69) is 40.7 Å². The highest BCUT2D eigenvalue weighted by Gasteiger charge is 2.70. The van der Waals surface area contributed by atoms with Crippen molar-refractivity contribution in [2.75, 3.05) is 7.11 Å². The molecule has 0 spiro atoms. The second-order valence-corrected chi connectivity index (χ2v) is 14.3. The number of esters is 1. The lowest BCUT2D eigenvalue weighted by Gasteiger charge is -2.68. The molecule has 3 fully saturated rings. The Morgan fingerprint density at radius 2 is 1.75 bits per heavy atom. The first-order valence-corrected chi connectivity index (χ1v) is 13.9. The summed E-state index contributed by atoms with van der Waals surface area (Å²) in [4.78, 5) is 27.7. The van der Waals surface area contributed by atoms with Gasteiger partial charge >= 0.3 is 5.97 Å². The Labute approximate surface area is 216 Å². The third-order valence-electron chi connectivity index (χ3n) is 12.4. The first-order valence-electron chi connectivity index (χ1n) is 13.9. The van der Waals surface area contributed by atoms with Gasteiger partial charge in [0.1, 0.15) is 5.76 Å². The number of ketones is 1. The van der Waals surface area contributed by atoms with Crippen LogP contribution in [-0.2, 0) is 14.3 Å². The number of carbonyl (C=O) groups is 2. The summed E-state index contributed by atoms with van der Waals surface area (Å²) in [6.45, 7) is 13.5. The molecule has 5 nitrogen and oxygen atoms in total. The summed E-state index contributed by atoms with van der Waals surface area (Å²) in [5.41, 5.74) is 0.352. The van der Waals surface area contributed by atoms with Crippen LogP contribution in [0.5, 0.6) is 0 Å². The minimum Gasteiger partial charge on any atom is -0.511 e. The molecule has 0 heterocycles. The first kappa shape index (κ1) is 25.6. The maximum absolute atomic E-state index is 14.3. The molecule has 36 heavy (non-hydrogen) atoms. The Kier molecular flexibility index (Phi) is 5.48. The van der Waals surface area contributed by atoms with Crippen molar-refractivity contribution >= 4 is 11.8 Å². The van der Waals surface area contributed by atoms with Gasteiger partial charge < -0.3 is 9.84 Å². The maximum Gasteiger partial charge on any atom is 0.312 e. The highest BCUT2D eigenvalue weighted by molar-refractivity contribution is 5.96. The molecular formula is C31H43NO4. The number of allylic oxidation sites excluding steroid dienone is 4. The first-order chi connectivity index (χ1) is 16.7. The second-order valence-electron chi connectivity index (χ2n) is 14.3. The van der Waals surface area contributed by atoms with Gasteiger partial charge in [-0.05, 0) is 90.9 Å². The predicted molar refractivity (Wildman–Crippen MR) is 137 cm³/mol. The number of aliphatic hydroxyl groups is 1. The summed E-state index contributed by atoms with van der Waals surface area (Å²) in [6, 6.07) is 2.26. The van der Waals surface area contributed by atoms with Gasteiger partial charge in [-0.3, -0.25) is 9.59 Å². The molecule has 0 radical (unpaired) electrons.